The van der Waals surface area contributed by atoms with Crippen LogP contribution in [-0.2, 0) is 7.05 Å². The molecule has 5 rings (SSSR count). The normalized spacial score (nSPS) is 11.4. The van der Waals surface area contributed by atoms with Crippen LogP contribution >= 0.6 is 11.6 Å². The number of aromatic amines is 1. The van der Waals surface area contributed by atoms with Gasteiger partial charge in [-0.25, -0.2) is 9.97 Å². The molecule has 0 fully saturated rings. The molecule has 7 nitrogen and oxygen atoms in total. The summed E-state index contributed by atoms with van der Waals surface area (Å²) in [5.74, 6) is 0. The average molecular weight is 389 g/mol. The van der Waals surface area contributed by atoms with Crippen molar-refractivity contribution in [1.82, 2.24) is 29.7 Å². The number of hydrogen-bond acceptors (Lipinski definition) is 5. The molecule has 0 unspecified atom stereocenters. The van der Waals surface area contributed by atoms with Gasteiger partial charge in [0, 0.05) is 42.7 Å². The molecular formula is C20H13ClN6O. The Labute approximate surface area is 163 Å². The molecule has 4 aromatic heterocycles. The molecule has 1 N–H and O–H groups in total. The van der Waals surface area contributed by atoms with Crippen LogP contribution < -0.4 is 5.43 Å². The first kappa shape index (κ1) is 16.6. The molecule has 0 aliphatic heterocycles. The summed E-state index contributed by atoms with van der Waals surface area (Å²) in [7, 11) is 1.83. The molecule has 4 heterocycles. The van der Waals surface area contributed by atoms with Crippen LogP contribution in [0.2, 0.25) is 5.02 Å². The SMILES string of the molecule is Cn1ccc(-c2nc3[nH]ccc(=O)c3nc2-c2cc(Cl)c3ncccc3c2)n1. The van der Waals surface area contributed by atoms with E-state index in [1.807, 2.05) is 37.5 Å². The maximum Gasteiger partial charge on any atom is 0.209 e. The van der Waals surface area contributed by atoms with E-state index in [0.717, 1.165) is 10.9 Å². The molecule has 0 amide bonds. The lowest BCUT2D eigenvalue weighted by Crippen LogP contribution is -2.07. The Morgan fingerprint density at radius 3 is 2.79 bits per heavy atom. The van der Waals surface area contributed by atoms with Crippen molar-refractivity contribution in [3.05, 3.63) is 70.2 Å². The van der Waals surface area contributed by atoms with Gasteiger partial charge in [0.25, 0.3) is 0 Å². The number of fused-ring (bicyclic) bond motifs is 2. The lowest BCUT2D eigenvalue weighted by molar-refractivity contribution is 0.770. The Morgan fingerprint density at radius 1 is 1.07 bits per heavy atom. The zero-order chi connectivity index (χ0) is 19.3. The van der Waals surface area contributed by atoms with Crippen molar-refractivity contribution in [2.75, 3.05) is 0 Å². The van der Waals surface area contributed by atoms with E-state index in [1.165, 1.54) is 6.07 Å². The van der Waals surface area contributed by atoms with Gasteiger partial charge in [0.1, 0.15) is 11.4 Å². The maximum atomic E-state index is 12.3. The van der Waals surface area contributed by atoms with Gasteiger partial charge in [-0.2, -0.15) is 5.10 Å². The summed E-state index contributed by atoms with van der Waals surface area (Å²) < 4.78 is 1.69. The Hall–Kier alpha value is -3.58. The van der Waals surface area contributed by atoms with E-state index in [1.54, 1.807) is 23.1 Å². The van der Waals surface area contributed by atoms with Gasteiger partial charge in [-0.1, -0.05) is 17.7 Å². The number of aromatic nitrogens is 6. The van der Waals surface area contributed by atoms with Crippen molar-refractivity contribution in [1.29, 1.82) is 0 Å². The van der Waals surface area contributed by atoms with Gasteiger partial charge in [0.15, 0.2) is 11.2 Å². The van der Waals surface area contributed by atoms with E-state index < -0.39 is 0 Å². The van der Waals surface area contributed by atoms with Crippen LogP contribution in [0.25, 0.3) is 44.7 Å². The van der Waals surface area contributed by atoms with Crippen molar-refractivity contribution in [2.24, 2.45) is 7.05 Å². The second-order valence-corrected chi connectivity index (χ2v) is 6.77. The molecule has 0 saturated heterocycles. The van der Waals surface area contributed by atoms with Gasteiger partial charge in [-0.05, 0) is 24.3 Å². The molecule has 0 atom stereocenters. The van der Waals surface area contributed by atoms with E-state index in [4.69, 9.17) is 11.6 Å². The Morgan fingerprint density at radius 2 is 1.96 bits per heavy atom. The summed E-state index contributed by atoms with van der Waals surface area (Å²) in [6.45, 7) is 0. The smallest absolute Gasteiger partial charge is 0.209 e. The van der Waals surface area contributed by atoms with Crippen LogP contribution in [0.5, 0.6) is 0 Å². The summed E-state index contributed by atoms with van der Waals surface area (Å²) in [4.78, 5) is 28.9. The highest BCUT2D eigenvalue weighted by Crippen LogP contribution is 2.33. The predicted molar refractivity (Wildman–Crippen MR) is 108 cm³/mol. The Bertz CT molecular complexity index is 1420. The second kappa shape index (κ2) is 6.24. The fraction of sp³-hybridized carbons (Fsp3) is 0.0500. The molecule has 8 heteroatoms. The molecular weight excluding hydrogens is 376 g/mol. The lowest BCUT2D eigenvalue weighted by Gasteiger charge is -2.10. The molecule has 136 valence electrons. The van der Waals surface area contributed by atoms with Gasteiger partial charge in [0.2, 0.25) is 5.43 Å². The van der Waals surface area contributed by atoms with E-state index >= 15 is 0 Å². The molecule has 0 saturated carbocycles. The highest BCUT2D eigenvalue weighted by atomic mass is 35.5. The zero-order valence-electron chi connectivity index (χ0n) is 14.7. The van der Waals surface area contributed by atoms with Crippen LogP contribution in [0.15, 0.2) is 59.8 Å². The quantitative estimate of drug-likeness (QED) is 0.499. The minimum absolute atomic E-state index is 0.205. The van der Waals surface area contributed by atoms with E-state index in [0.29, 0.717) is 33.3 Å². The van der Waals surface area contributed by atoms with Crippen molar-refractivity contribution in [2.45, 2.75) is 0 Å². The highest BCUT2D eigenvalue weighted by Gasteiger charge is 2.18. The lowest BCUT2D eigenvalue weighted by atomic mass is 10.0. The number of nitrogens with zero attached hydrogens (tertiary/aromatic N) is 5. The number of rotatable bonds is 2. The van der Waals surface area contributed by atoms with E-state index in [-0.39, 0.29) is 10.9 Å². The zero-order valence-corrected chi connectivity index (χ0v) is 15.5. The molecule has 0 aliphatic carbocycles. The van der Waals surface area contributed by atoms with Gasteiger partial charge in [-0.15, -0.1) is 0 Å². The molecule has 0 aliphatic rings. The standard InChI is InChI=1S/C20H13ClN6O/c1-27-8-5-14(26-27)18-17(24-19-15(28)4-7-23-20(19)25-18)12-9-11-3-2-6-22-16(11)13(21)10-12/h2-10H,1H3,(H,23,25,28). The summed E-state index contributed by atoms with van der Waals surface area (Å²) in [5, 5.41) is 5.84. The van der Waals surface area contributed by atoms with Crippen LogP contribution in [0.3, 0.4) is 0 Å². The van der Waals surface area contributed by atoms with Gasteiger partial charge >= 0.3 is 0 Å². The Kier molecular flexibility index (Phi) is 3.70. The first-order chi connectivity index (χ1) is 13.6. The minimum atomic E-state index is -0.205. The summed E-state index contributed by atoms with van der Waals surface area (Å²) in [5.41, 5.74) is 3.67. The summed E-state index contributed by atoms with van der Waals surface area (Å²) >= 11 is 6.47. The van der Waals surface area contributed by atoms with Gasteiger partial charge in [0.05, 0.1) is 16.2 Å². The molecule has 5 aromatic rings. The largest absolute Gasteiger partial charge is 0.345 e. The van der Waals surface area contributed by atoms with Crippen LogP contribution in [0.4, 0.5) is 0 Å². The minimum Gasteiger partial charge on any atom is -0.345 e. The second-order valence-electron chi connectivity index (χ2n) is 6.37. The number of pyridine rings is 2. The molecule has 1 aromatic carbocycles. The number of benzene rings is 1. The number of aryl methyl sites for hydroxylation is 1. The monoisotopic (exact) mass is 388 g/mol. The number of hydrogen-bond donors (Lipinski definition) is 1. The number of H-pyrrole nitrogens is 1. The summed E-state index contributed by atoms with van der Waals surface area (Å²) in [6, 6.07) is 10.8. The van der Waals surface area contributed by atoms with E-state index in [2.05, 4.69) is 25.0 Å². The third-order valence-corrected chi connectivity index (χ3v) is 4.76. The Balaban J connectivity index is 1.87. The van der Waals surface area contributed by atoms with Crippen molar-refractivity contribution >= 4 is 33.7 Å². The third-order valence-electron chi connectivity index (χ3n) is 4.47. The van der Waals surface area contributed by atoms with Crippen molar-refractivity contribution in [3.63, 3.8) is 0 Å². The third kappa shape index (κ3) is 2.64. The maximum absolute atomic E-state index is 12.3. The predicted octanol–water partition coefficient (Wildman–Crippen LogP) is 3.59. The van der Waals surface area contributed by atoms with Crippen LogP contribution in [0, 0.1) is 0 Å². The fourth-order valence-corrected chi connectivity index (χ4v) is 3.46. The van der Waals surface area contributed by atoms with E-state index in [9.17, 15) is 4.79 Å². The first-order valence-corrected chi connectivity index (χ1v) is 8.92. The van der Waals surface area contributed by atoms with Crippen LogP contribution in [-0.4, -0.2) is 29.7 Å². The fourth-order valence-electron chi connectivity index (χ4n) is 3.19. The molecule has 0 radical (unpaired) electrons. The van der Waals surface area contributed by atoms with Crippen molar-refractivity contribution < 1.29 is 0 Å². The van der Waals surface area contributed by atoms with Crippen molar-refractivity contribution in [3.8, 4) is 22.6 Å². The van der Waals surface area contributed by atoms with Gasteiger partial charge in [-0.3, -0.25) is 14.5 Å². The number of halogens is 1. The van der Waals surface area contributed by atoms with Gasteiger partial charge < -0.3 is 4.98 Å². The first-order valence-electron chi connectivity index (χ1n) is 8.54. The molecule has 0 spiro atoms. The average Bonchev–Trinajstić information content (AvgIpc) is 3.14. The molecule has 28 heavy (non-hydrogen) atoms. The highest BCUT2D eigenvalue weighted by molar-refractivity contribution is 6.35. The van der Waals surface area contributed by atoms with Crippen LogP contribution in [0.1, 0.15) is 0 Å². The topological polar surface area (TPSA) is 89.4 Å². The molecule has 0 bridgehead atoms. The number of nitrogens with one attached hydrogen (secondary N) is 1. The summed E-state index contributed by atoms with van der Waals surface area (Å²) in [6.07, 6.45) is 5.08.